The molecule has 2 amide bonds. The first-order valence-electron chi connectivity index (χ1n) is 5.06. The van der Waals surface area contributed by atoms with Crippen LogP contribution in [0.2, 0.25) is 5.02 Å². The summed E-state index contributed by atoms with van der Waals surface area (Å²) in [6, 6.07) is 5.03. The number of rotatable bonds is 3. The molecule has 1 unspecified atom stereocenters. The summed E-state index contributed by atoms with van der Waals surface area (Å²) in [5.41, 5.74) is 7.03. The Balaban J connectivity index is 2.59. The first kappa shape index (κ1) is 12.8. The van der Waals surface area contributed by atoms with Crippen molar-refractivity contribution in [2.24, 2.45) is 5.73 Å². The second kappa shape index (κ2) is 5.72. The first-order chi connectivity index (χ1) is 7.52. The second-order valence-corrected chi connectivity index (χ2v) is 4.11. The largest absolute Gasteiger partial charge is 0.334 e. The zero-order valence-electron chi connectivity index (χ0n) is 9.38. The number of halogens is 1. The average Bonchev–Trinajstić information content (AvgIpc) is 2.23. The van der Waals surface area contributed by atoms with Gasteiger partial charge in [-0.25, -0.2) is 4.79 Å². The quantitative estimate of drug-likeness (QED) is 0.759. The number of carbonyl (C=O) groups is 1. The van der Waals surface area contributed by atoms with E-state index in [1.165, 1.54) is 0 Å². The van der Waals surface area contributed by atoms with Crippen molar-refractivity contribution in [2.75, 3.05) is 11.9 Å². The number of anilines is 1. The molecule has 1 atom stereocenters. The molecule has 0 aromatic heterocycles. The molecule has 88 valence electrons. The Hall–Kier alpha value is -1.26. The van der Waals surface area contributed by atoms with Crippen molar-refractivity contribution in [1.82, 2.24) is 5.32 Å². The predicted octanol–water partition coefficient (Wildman–Crippen LogP) is 2.12. The molecule has 1 aromatic rings. The zero-order chi connectivity index (χ0) is 12.1. The molecule has 0 heterocycles. The van der Waals surface area contributed by atoms with Gasteiger partial charge in [-0.1, -0.05) is 17.7 Å². The van der Waals surface area contributed by atoms with Gasteiger partial charge in [-0.2, -0.15) is 0 Å². The molecule has 5 heteroatoms. The van der Waals surface area contributed by atoms with E-state index in [0.29, 0.717) is 17.3 Å². The van der Waals surface area contributed by atoms with Gasteiger partial charge in [0.15, 0.2) is 0 Å². The van der Waals surface area contributed by atoms with Crippen molar-refractivity contribution in [3.8, 4) is 0 Å². The number of urea groups is 1. The van der Waals surface area contributed by atoms with Crippen LogP contribution in [-0.4, -0.2) is 18.6 Å². The molecule has 0 fully saturated rings. The minimum Gasteiger partial charge on any atom is -0.334 e. The van der Waals surface area contributed by atoms with Crippen LogP contribution in [0.1, 0.15) is 12.5 Å². The fraction of sp³-hybridized carbons (Fsp3) is 0.364. The molecule has 0 aliphatic rings. The third-order valence-corrected chi connectivity index (χ3v) is 2.57. The van der Waals surface area contributed by atoms with E-state index in [1.54, 1.807) is 12.1 Å². The third-order valence-electron chi connectivity index (χ3n) is 2.16. The van der Waals surface area contributed by atoms with E-state index in [0.717, 1.165) is 5.56 Å². The SMILES string of the molecule is Cc1ccc(NC(=O)NC(C)CN)cc1Cl. The molecular formula is C11H16ClN3O. The lowest BCUT2D eigenvalue weighted by molar-refractivity contribution is 0.249. The van der Waals surface area contributed by atoms with E-state index in [9.17, 15) is 4.79 Å². The Bertz CT molecular complexity index is 381. The number of carbonyl (C=O) groups excluding carboxylic acids is 1. The predicted molar refractivity (Wildman–Crippen MR) is 66.9 cm³/mol. The number of hydrogen-bond acceptors (Lipinski definition) is 2. The molecule has 16 heavy (non-hydrogen) atoms. The summed E-state index contributed by atoms with van der Waals surface area (Å²) in [5, 5.41) is 6.01. The molecule has 4 N–H and O–H groups in total. The zero-order valence-corrected chi connectivity index (χ0v) is 10.1. The Labute approximate surface area is 100 Å². The molecule has 0 aliphatic heterocycles. The van der Waals surface area contributed by atoms with E-state index < -0.39 is 0 Å². The standard InChI is InChI=1S/C11H16ClN3O/c1-7-3-4-9(5-10(7)12)15-11(16)14-8(2)6-13/h3-5,8H,6,13H2,1-2H3,(H2,14,15,16). The molecule has 0 saturated carbocycles. The maximum absolute atomic E-state index is 11.5. The van der Waals surface area contributed by atoms with E-state index >= 15 is 0 Å². The van der Waals surface area contributed by atoms with Gasteiger partial charge in [0.2, 0.25) is 0 Å². The lowest BCUT2D eigenvalue weighted by Crippen LogP contribution is -2.40. The van der Waals surface area contributed by atoms with Crippen LogP contribution in [0.4, 0.5) is 10.5 Å². The van der Waals surface area contributed by atoms with E-state index in [1.807, 2.05) is 19.9 Å². The monoisotopic (exact) mass is 241 g/mol. The van der Waals surface area contributed by atoms with Gasteiger partial charge < -0.3 is 16.4 Å². The number of hydrogen-bond donors (Lipinski definition) is 3. The molecule has 0 bridgehead atoms. The Morgan fingerprint density at radius 1 is 1.56 bits per heavy atom. The highest BCUT2D eigenvalue weighted by Crippen LogP contribution is 2.19. The van der Waals surface area contributed by atoms with Gasteiger partial charge in [0.25, 0.3) is 0 Å². The maximum Gasteiger partial charge on any atom is 0.319 e. The molecule has 1 rings (SSSR count). The summed E-state index contributed by atoms with van der Waals surface area (Å²) in [6.45, 7) is 4.15. The first-order valence-corrected chi connectivity index (χ1v) is 5.44. The molecule has 0 spiro atoms. The number of aryl methyl sites for hydroxylation is 1. The van der Waals surface area contributed by atoms with Gasteiger partial charge in [0.1, 0.15) is 0 Å². The lowest BCUT2D eigenvalue weighted by atomic mass is 10.2. The highest BCUT2D eigenvalue weighted by atomic mass is 35.5. The van der Waals surface area contributed by atoms with Gasteiger partial charge in [-0.15, -0.1) is 0 Å². The van der Waals surface area contributed by atoms with Crippen LogP contribution in [0.15, 0.2) is 18.2 Å². The number of nitrogens with one attached hydrogen (secondary N) is 2. The summed E-state index contributed by atoms with van der Waals surface area (Å²) >= 11 is 5.94. The van der Waals surface area contributed by atoms with Crippen molar-refractivity contribution < 1.29 is 4.79 Å². The highest BCUT2D eigenvalue weighted by Gasteiger charge is 2.06. The minimum absolute atomic E-state index is 0.0547. The summed E-state index contributed by atoms with van der Waals surface area (Å²) in [6.07, 6.45) is 0. The fourth-order valence-electron chi connectivity index (χ4n) is 1.12. The fourth-order valence-corrected chi connectivity index (χ4v) is 1.30. The summed E-state index contributed by atoms with van der Waals surface area (Å²) in [7, 11) is 0. The number of amides is 2. The van der Waals surface area contributed by atoms with E-state index in [-0.39, 0.29) is 12.1 Å². The van der Waals surface area contributed by atoms with E-state index in [4.69, 9.17) is 17.3 Å². The van der Waals surface area contributed by atoms with Crippen LogP contribution in [0, 0.1) is 6.92 Å². The molecule has 4 nitrogen and oxygen atoms in total. The van der Waals surface area contributed by atoms with Crippen LogP contribution in [0.3, 0.4) is 0 Å². The molecular weight excluding hydrogens is 226 g/mol. The minimum atomic E-state index is -0.280. The summed E-state index contributed by atoms with van der Waals surface area (Å²) in [4.78, 5) is 11.5. The van der Waals surface area contributed by atoms with Gasteiger partial charge in [0, 0.05) is 23.3 Å². The van der Waals surface area contributed by atoms with Gasteiger partial charge >= 0.3 is 6.03 Å². The smallest absolute Gasteiger partial charge is 0.319 e. The van der Waals surface area contributed by atoms with Crippen LogP contribution < -0.4 is 16.4 Å². The molecule has 0 aliphatic carbocycles. The average molecular weight is 242 g/mol. The molecule has 1 aromatic carbocycles. The van der Waals surface area contributed by atoms with Crippen molar-refractivity contribution in [2.45, 2.75) is 19.9 Å². The summed E-state index contributed by atoms with van der Waals surface area (Å²) in [5.74, 6) is 0. The van der Waals surface area contributed by atoms with Crippen LogP contribution in [-0.2, 0) is 0 Å². The van der Waals surface area contributed by atoms with Gasteiger partial charge in [-0.3, -0.25) is 0 Å². The van der Waals surface area contributed by atoms with E-state index in [2.05, 4.69) is 10.6 Å². The highest BCUT2D eigenvalue weighted by molar-refractivity contribution is 6.31. The number of benzene rings is 1. The normalized spacial score (nSPS) is 12.0. The molecule has 0 saturated heterocycles. The van der Waals surface area contributed by atoms with Crippen LogP contribution >= 0.6 is 11.6 Å². The Morgan fingerprint density at radius 2 is 2.25 bits per heavy atom. The number of nitrogens with two attached hydrogens (primary N) is 1. The Morgan fingerprint density at radius 3 is 2.81 bits per heavy atom. The lowest BCUT2D eigenvalue weighted by Gasteiger charge is -2.12. The third kappa shape index (κ3) is 3.72. The second-order valence-electron chi connectivity index (χ2n) is 3.70. The van der Waals surface area contributed by atoms with Crippen LogP contribution in [0.25, 0.3) is 0 Å². The summed E-state index contributed by atoms with van der Waals surface area (Å²) < 4.78 is 0. The van der Waals surface area contributed by atoms with Gasteiger partial charge in [-0.05, 0) is 31.5 Å². The van der Waals surface area contributed by atoms with Crippen molar-refractivity contribution in [3.05, 3.63) is 28.8 Å². The van der Waals surface area contributed by atoms with Crippen LogP contribution in [0.5, 0.6) is 0 Å². The topological polar surface area (TPSA) is 67.2 Å². The molecule has 0 radical (unpaired) electrons. The Kier molecular flexibility index (Phi) is 4.58. The maximum atomic E-state index is 11.5. The van der Waals surface area contributed by atoms with Crippen molar-refractivity contribution in [3.63, 3.8) is 0 Å². The van der Waals surface area contributed by atoms with Crippen molar-refractivity contribution >= 4 is 23.3 Å². The van der Waals surface area contributed by atoms with Gasteiger partial charge in [0.05, 0.1) is 0 Å². The van der Waals surface area contributed by atoms with Crippen molar-refractivity contribution in [1.29, 1.82) is 0 Å².